The van der Waals surface area contributed by atoms with E-state index in [0.717, 1.165) is 29.4 Å². The summed E-state index contributed by atoms with van der Waals surface area (Å²) in [4.78, 5) is 24.2. The number of rotatable bonds is 5. The Balaban J connectivity index is 1.57. The van der Waals surface area contributed by atoms with Crippen LogP contribution in [0.2, 0.25) is 0 Å². The smallest absolute Gasteiger partial charge is 0.407 e. The van der Waals surface area contributed by atoms with E-state index >= 15 is 0 Å². The zero-order valence-electron chi connectivity index (χ0n) is 13.6. The Kier molecular flexibility index (Phi) is 4.79. The summed E-state index contributed by atoms with van der Waals surface area (Å²) in [5, 5.41) is 2.79. The van der Waals surface area contributed by atoms with E-state index in [0.29, 0.717) is 17.6 Å². The van der Waals surface area contributed by atoms with Crippen molar-refractivity contribution in [2.75, 3.05) is 6.54 Å². The Morgan fingerprint density at radius 2 is 1.88 bits per heavy atom. The van der Waals surface area contributed by atoms with Crippen molar-refractivity contribution in [1.29, 1.82) is 0 Å². The highest BCUT2D eigenvalue weighted by molar-refractivity contribution is 5.89. The molecule has 0 aliphatic carbocycles. The number of para-hydroxylation sites is 1. The maximum atomic E-state index is 12.3. The van der Waals surface area contributed by atoms with Crippen LogP contribution < -0.4 is 11.1 Å². The fraction of sp³-hybridized carbons (Fsp3) is 0.263. The van der Waals surface area contributed by atoms with Gasteiger partial charge in [-0.3, -0.25) is 0 Å². The number of fused-ring (bicyclic) bond motifs is 1. The number of hydrogen-bond donors (Lipinski definition) is 1. The number of carbonyl (C=O) groups is 1. The topological polar surface area (TPSA) is 64.2 Å². The molecular weight excluding hydrogens is 304 g/mol. The number of oxazole rings is 1. The van der Waals surface area contributed by atoms with Crippen LogP contribution in [0.15, 0.2) is 57.7 Å². The molecule has 1 aromatic heterocycles. The molecular formula is C19H20N2O3. The number of amides is 1. The Bertz CT molecular complexity index is 894. The Hall–Kier alpha value is -2.82. The molecule has 0 spiro atoms. The van der Waals surface area contributed by atoms with Crippen LogP contribution in [0.5, 0.6) is 0 Å². The molecule has 0 bridgehead atoms. The van der Waals surface area contributed by atoms with Crippen LogP contribution in [0, 0.1) is 6.92 Å². The van der Waals surface area contributed by atoms with Gasteiger partial charge in [-0.25, -0.2) is 9.59 Å². The number of aromatic nitrogens is 1. The van der Waals surface area contributed by atoms with E-state index in [-0.39, 0.29) is 0 Å². The first-order valence-electron chi connectivity index (χ1n) is 8.10. The highest BCUT2D eigenvalue weighted by Crippen LogP contribution is 2.16. The summed E-state index contributed by atoms with van der Waals surface area (Å²) in [7, 11) is 0. The van der Waals surface area contributed by atoms with Gasteiger partial charge in [0.15, 0.2) is 5.58 Å². The van der Waals surface area contributed by atoms with Gasteiger partial charge >= 0.3 is 11.8 Å². The quantitative estimate of drug-likeness (QED) is 0.731. The van der Waals surface area contributed by atoms with E-state index in [1.165, 1.54) is 5.56 Å². The predicted octanol–water partition coefficient (Wildman–Crippen LogP) is 3.48. The summed E-state index contributed by atoms with van der Waals surface area (Å²) in [5.74, 6) is -0.652. The van der Waals surface area contributed by atoms with E-state index in [1.54, 1.807) is 12.1 Å². The third-order valence-corrected chi connectivity index (χ3v) is 4.02. The van der Waals surface area contributed by atoms with Crippen molar-refractivity contribution in [3.05, 3.63) is 70.2 Å². The average Bonchev–Trinajstić information content (AvgIpc) is 2.93. The van der Waals surface area contributed by atoms with Crippen LogP contribution in [0.25, 0.3) is 11.1 Å². The maximum Gasteiger partial charge on any atom is 0.428 e. The van der Waals surface area contributed by atoms with Crippen molar-refractivity contribution in [1.82, 2.24) is 9.88 Å². The third kappa shape index (κ3) is 3.40. The van der Waals surface area contributed by atoms with Gasteiger partial charge in [0.05, 0.1) is 0 Å². The second-order valence-electron chi connectivity index (χ2n) is 5.80. The van der Waals surface area contributed by atoms with Gasteiger partial charge in [0.1, 0.15) is 5.52 Å². The van der Waals surface area contributed by atoms with Gasteiger partial charge in [-0.05, 0) is 43.4 Å². The van der Waals surface area contributed by atoms with Gasteiger partial charge in [-0.1, -0.05) is 42.5 Å². The minimum atomic E-state index is -0.652. The minimum absolute atomic E-state index is 0.441. The summed E-state index contributed by atoms with van der Waals surface area (Å²) in [6.45, 7) is 2.37. The number of nitrogens with one attached hydrogen (secondary N) is 1. The van der Waals surface area contributed by atoms with E-state index in [1.807, 2.05) is 31.2 Å². The van der Waals surface area contributed by atoms with Crippen LogP contribution in [0.4, 0.5) is 4.79 Å². The summed E-state index contributed by atoms with van der Waals surface area (Å²) in [6, 6.07) is 15.2. The molecule has 0 atom stereocenters. The Morgan fingerprint density at radius 3 is 2.67 bits per heavy atom. The Labute approximate surface area is 139 Å². The lowest BCUT2D eigenvalue weighted by atomic mass is 10.1. The molecule has 124 valence electrons. The van der Waals surface area contributed by atoms with Crippen molar-refractivity contribution >= 4 is 17.1 Å². The lowest BCUT2D eigenvalue weighted by molar-refractivity contribution is 0.241. The standard InChI is InChI=1S/C19H20N2O3/c1-14-8-7-12-16-17(14)24-19(23)21(16)18(22)20-13-6-5-11-15-9-3-2-4-10-15/h2-4,7-10,12H,5-6,11,13H2,1H3,(H,20,22). The first-order chi connectivity index (χ1) is 11.7. The molecule has 1 heterocycles. The maximum absolute atomic E-state index is 12.3. The van der Waals surface area contributed by atoms with E-state index in [9.17, 15) is 9.59 Å². The van der Waals surface area contributed by atoms with Crippen molar-refractivity contribution in [3.8, 4) is 0 Å². The largest absolute Gasteiger partial charge is 0.428 e. The van der Waals surface area contributed by atoms with Crippen molar-refractivity contribution in [2.24, 2.45) is 0 Å². The summed E-state index contributed by atoms with van der Waals surface area (Å²) < 4.78 is 6.24. The van der Waals surface area contributed by atoms with Gasteiger partial charge in [-0.15, -0.1) is 0 Å². The molecule has 0 radical (unpaired) electrons. The molecule has 1 N–H and O–H groups in total. The molecule has 0 unspecified atom stereocenters. The normalized spacial score (nSPS) is 10.9. The van der Waals surface area contributed by atoms with Crippen molar-refractivity contribution in [3.63, 3.8) is 0 Å². The zero-order chi connectivity index (χ0) is 16.9. The second-order valence-corrected chi connectivity index (χ2v) is 5.80. The first-order valence-corrected chi connectivity index (χ1v) is 8.10. The van der Waals surface area contributed by atoms with E-state index in [2.05, 4.69) is 17.4 Å². The van der Waals surface area contributed by atoms with Crippen molar-refractivity contribution in [2.45, 2.75) is 26.2 Å². The fourth-order valence-corrected chi connectivity index (χ4v) is 2.74. The van der Waals surface area contributed by atoms with E-state index in [4.69, 9.17) is 4.42 Å². The summed E-state index contributed by atoms with van der Waals surface area (Å²) in [6.07, 6.45) is 2.80. The lowest BCUT2D eigenvalue weighted by Crippen LogP contribution is -2.34. The molecule has 0 fully saturated rings. The van der Waals surface area contributed by atoms with Gasteiger partial charge in [0.2, 0.25) is 0 Å². The number of carbonyl (C=O) groups excluding carboxylic acids is 1. The lowest BCUT2D eigenvalue weighted by Gasteiger charge is -2.05. The molecule has 0 saturated heterocycles. The second kappa shape index (κ2) is 7.17. The number of nitrogens with zero attached hydrogens (tertiary/aromatic N) is 1. The molecule has 5 heteroatoms. The number of benzene rings is 2. The molecule has 3 aromatic rings. The number of hydrogen-bond acceptors (Lipinski definition) is 3. The van der Waals surface area contributed by atoms with Crippen LogP contribution in [-0.4, -0.2) is 17.1 Å². The first kappa shape index (κ1) is 16.1. The highest BCUT2D eigenvalue weighted by Gasteiger charge is 2.16. The Morgan fingerprint density at radius 1 is 1.08 bits per heavy atom. The zero-order valence-corrected chi connectivity index (χ0v) is 13.6. The monoisotopic (exact) mass is 324 g/mol. The molecule has 2 aromatic carbocycles. The molecule has 3 rings (SSSR count). The van der Waals surface area contributed by atoms with Gasteiger partial charge in [0.25, 0.3) is 0 Å². The summed E-state index contributed by atoms with van der Waals surface area (Å²) >= 11 is 0. The van der Waals surface area contributed by atoms with Crippen LogP contribution in [0.3, 0.4) is 0 Å². The number of aryl methyl sites for hydroxylation is 2. The molecule has 0 aliphatic heterocycles. The predicted molar refractivity (Wildman–Crippen MR) is 93.4 cm³/mol. The van der Waals surface area contributed by atoms with E-state index < -0.39 is 11.8 Å². The van der Waals surface area contributed by atoms with Gasteiger partial charge in [-0.2, -0.15) is 4.57 Å². The SMILES string of the molecule is Cc1cccc2c1oc(=O)n2C(=O)NCCCCc1ccccc1. The van der Waals surface area contributed by atoms with Crippen molar-refractivity contribution < 1.29 is 9.21 Å². The molecule has 1 amide bonds. The fourth-order valence-electron chi connectivity index (χ4n) is 2.74. The van der Waals surface area contributed by atoms with Gasteiger partial charge < -0.3 is 9.73 Å². The molecule has 0 saturated carbocycles. The molecule has 5 nitrogen and oxygen atoms in total. The highest BCUT2D eigenvalue weighted by atomic mass is 16.4. The minimum Gasteiger partial charge on any atom is -0.407 e. The average molecular weight is 324 g/mol. The third-order valence-electron chi connectivity index (χ3n) is 4.02. The van der Waals surface area contributed by atoms with Crippen LogP contribution in [0.1, 0.15) is 24.0 Å². The number of unbranched alkanes of at least 4 members (excludes halogenated alkanes) is 1. The van der Waals surface area contributed by atoms with Crippen LogP contribution >= 0.6 is 0 Å². The molecule has 0 aliphatic rings. The van der Waals surface area contributed by atoms with Gasteiger partial charge in [0, 0.05) is 6.54 Å². The van der Waals surface area contributed by atoms with Crippen LogP contribution in [-0.2, 0) is 6.42 Å². The molecule has 24 heavy (non-hydrogen) atoms. The summed E-state index contributed by atoms with van der Waals surface area (Å²) in [5.41, 5.74) is 3.08.